The van der Waals surface area contributed by atoms with Crippen molar-refractivity contribution in [3.63, 3.8) is 0 Å². The summed E-state index contributed by atoms with van der Waals surface area (Å²) >= 11 is 0. The summed E-state index contributed by atoms with van der Waals surface area (Å²) < 4.78 is 17.5. The predicted octanol–water partition coefficient (Wildman–Crippen LogP) is 3.43. The number of carbonyl (C=O) groups is 2. The second-order valence-electron chi connectivity index (χ2n) is 8.76. The van der Waals surface area contributed by atoms with Crippen molar-refractivity contribution in [3.05, 3.63) is 35.1 Å². The number of alkyl carbamates (subject to hydrolysis) is 1. The maximum absolute atomic E-state index is 12.1. The fraction of sp³-hybridized carbons (Fsp3) is 0.550. The Hall–Kier alpha value is -2.19. The Bertz CT molecular complexity index is 752. The highest BCUT2D eigenvalue weighted by Gasteiger charge is 2.52. The van der Waals surface area contributed by atoms with Gasteiger partial charge in [0.05, 0.1) is 16.9 Å². The first-order valence-corrected chi connectivity index (χ1v) is 9.28. The molecule has 1 fully saturated rings. The molecule has 0 atom stereocenters. The first-order valence-electron chi connectivity index (χ1n) is 9.28. The summed E-state index contributed by atoms with van der Waals surface area (Å²) in [5.74, 6) is 0. The molecule has 0 saturated carbocycles. The molecule has 1 aliphatic heterocycles. The second-order valence-corrected chi connectivity index (χ2v) is 8.76. The predicted molar refractivity (Wildman–Crippen MR) is 108 cm³/mol. The minimum absolute atomic E-state index is 0.126. The van der Waals surface area contributed by atoms with Gasteiger partial charge in [-0.1, -0.05) is 0 Å². The number of nitrogens with one attached hydrogen (secondary N) is 1. The van der Waals surface area contributed by atoms with Crippen LogP contribution in [0.2, 0.25) is 0 Å². The van der Waals surface area contributed by atoms with E-state index in [1.165, 1.54) is 0 Å². The third-order valence-electron chi connectivity index (χ3n) is 4.71. The Balaban J connectivity index is 2.30. The summed E-state index contributed by atoms with van der Waals surface area (Å²) in [4.78, 5) is 27.7. The second kappa shape index (κ2) is 8.05. The van der Waals surface area contributed by atoms with Gasteiger partial charge < -0.3 is 19.4 Å². The third-order valence-corrected chi connectivity index (χ3v) is 4.71. The van der Waals surface area contributed by atoms with Crippen LogP contribution < -0.4 is 5.32 Å². The van der Waals surface area contributed by atoms with E-state index in [1.54, 1.807) is 45.2 Å². The number of aldehydes is 1. The minimum atomic E-state index is -0.693. The van der Waals surface area contributed by atoms with Crippen molar-refractivity contribution < 1.29 is 23.6 Å². The summed E-state index contributed by atoms with van der Waals surface area (Å²) in [5, 5.41) is 2.72. The lowest BCUT2D eigenvalue weighted by molar-refractivity contribution is 0.00578. The lowest BCUT2D eigenvalue weighted by atomic mass is 9.77. The van der Waals surface area contributed by atoms with Crippen molar-refractivity contribution >= 4 is 25.6 Å². The highest BCUT2D eigenvalue weighted by atomic mass is 16.7. The molecule has 0 aliphatic carbocycles. The molecule has 1 amide bonds. The summed E-state index contributed by atoms with van der Waals surface area (Å²) in [6, 6.07) is 3.36. The van der Waals surface area contributed by atoms with Gasteiger partial charge in [0.2, 0.25) is 0 Å². The monoisotopic (exact) mass is 388 g/mol. The van der Waals surface area contributed by atoms with Crippen LogP contribution in [0, 0.1) is 0 Å². The molecule has 0 bridgehead atoms. The standard InChI is InChI=1S/C20H29BN2O5/c1-18(2,3)26-17(25)23-12-15(11-16-14(13-24)9-8-10-22-16)21-27-19(4,5)20(6,7)28-21/h8-11,13H,12H2,1-7H3,(H,23,25). The molecule has 0 unspecified atom stereocenters. The van der Waals surface area contributed by atoms with Crippen molar-refractivity contribution in [3.8, 4) is 0 Å². The van der Waals surface area contributed by atoms with Crippen molar-refractivity contribution in [2.75, 3.05) is 6.54 Å². The van der Waals surface area contributed by atoms with Crippen molar-refractivity contribution in [2.24, 2.45) is 0 Å². The molecule has 1 aromatic heterocycles. The number of ether oxygens (including phenoxy) is 1. The van der Waals surface area contributed by atoms with Gasteiger partial charge in [0, 0.05) is 18.3 Å². The number of carbonyl (C=O) groups excluding carboxylic acids is 2. The van der Waals surface area contributed by atoms with Gasteiger partial charge in [-0.2, -0.15) is 0 Å². The van der Waals surface area contributed by atoms with E-state index in [4.69, 9.17) is 14.0 Å². The normalized spacial score (nSPS) is 18.7. The number of hydrogen-bond donors (Lipinski definition) is 1. The molecule has 0 spiro atoms. The van der Waals surface area contributed by atoms with E-state index in [0.29, 0.717) is 16.7 Å². The molecule has 7 nitrogen and oxygen atoms in total. The van der Waals surface area contributed by atoms with E-state index >= 15 is 0 Å². The van der Waals surface area contributed by atoms with Crippen LogP contribution in [0.3, 0.4) is 0 Å². The number of aromatic nitrogens is 1. The zero-order chi connectivity index (χ0) is 21.2. The van der Waals surface area contributed by atoms with Gasteiger partial charge in [0.15, 0.2) is 6.29 Å². The van der Waals surface area contributed by atoms with Gasteiger partial charge >= 0.3 is 13.2 Å². The van der Waals surface area contributed by atoms with Crippen LogP contribution in [-0.4, -0.2) is 47.8 Å². The van der Waals surface area contributed by atoms with Crippen LogP contribution >= 0.6 is 0 Å². The van der Waals surface area contributed by atoms with Gasteiger partial charge in [-0.05, 0) is 72.1 Å². The summed E-state index contributed by atoms with van der Waals surface area (Å²) in [7, 11) is -0.693. The molecule has 8 heteroatoms. The molecule has 1 saturated heterocycles. The lowest BCUT2D eigenvalue weighted by Gasteiger charge is -2.32. The average molecular weight is 388 g/mol. The minimum Gasteiger partial charge on any atom is -0.444 e. The summed E-state index contributed by atoms with van der Waals surface area (Å²) in [6.45, 7) is 13.3. The number of rotatable bonds is 5. The van der Waals surface area contributed by atoms with Gasteiger partial charge in [-0.3, -0.25) is 9.78 Å². The maximum Gasteiger partial charge on any atom is 0.492 e. The van der Waals surface area contributed by atoms with Crippen molar-refractivity contribution in [2.45, 2.75) is 65.3 Å². The number of amides is 1. The van der Waals surface area contributed by atoms with E-state index in [1.807, 2.05) is 27.7 Å². The van der Waals surface area contributed by atoms with E-state index in [-0.39, 0.29) is 6.54 Å². The third kappa shape index (κ3) is 5.42. The smallest absolute Gasteiger partial charge is 0.444 e. The van der Waals surface area contributed by atoms with Gasteiger partial charge in [-0.15, -0.1) is 0 Å². The zero-order valence-corrected chi connectivity index (χ0v) is 17.7. The average Bonchev–Trinajstić information content (AvgIpc) is 2.78. The first-order chi connectivity index (χ1) is 12.8. The van der Waals surface area contributed by atoms with E-state index < -0.39 is 30.0 Å². The van der Waals surface area contributed by atoms with E-state index in [9.17, 15) is 9.59 Å². The van der Waals surface area contributed by atoms with Crippen LogP contribution in [0.5, 0.6) is 0 Å². The van der Waals surface area contributed by atoms with Crippen LogP contribution in [-0.2, 0) is 14.0 Å². The Morgan fingerprint density at radius 1 is 1.25 bits per heavy atom. The van der Waals surface area contributed by atoms with E-state index in [2.05, 4.69) is 10.3 Å². The highest BCUT2D eigenvalue weighted by Crippen LogP contribution is 2.38. The molecule has 0 radical (unpaired) electrons. The summed E-state index contributed by atoms with van der Waals surface area (Å²) in [5.41, 5.74) is -0.141. The fourth-order valence-electron chi connectivity index (χ4n) is 2.51. The molecule has 28 heavy (non-hydrogen) atoms. The van der Waals surface area contributed by atoms with Crippen LogP contribution in [0.25, 0.3) is 6.08 Å². The highest BCUT2D eigenvalue weighted by molar-refractivity contribution is 6.56. The lowest BCUT2D eigenvalue weighted by Crippen LogP contribution is -2.41. The molecular weight excluding hydrogens is 359 g/mol. The van der Waals surface area contributed by atoms with Gasteiger partial charge in [0.1, 0.15) is 5.60 Å². The van der Waals surface area contributed by atoms with E-state index in [0.717, 1.165) is 6.29 Å². The maximum atomic E-state index is 12.1. The van der Waals surface area contributed by atoms with Crippen molar-refractivity contribution in [1.29, 1.82) is 0 Å². The Labute approximate surface area is 167 Å². The molecule has 2 heterocycles. The number of hydrogen-bond acceptors (Lipinski definition) is 6. The molecule has 152 valence electrons. The largest absolute Gasteiger partial charge is 0.492 e. The Morgan fingerprint density at radius 2 is 1.86 bits per heavy atom. The van der Waals surface area contributed by atoms with Crippen molar-refractivity contribution in [1.82, 2.24) is 10.3 Å². The number of pyridine rings is 1. The quantitative estimate of drug-likeness (QED) is 0.614. The molecule has 2 rings (SSSR count). The molecular formula is C20H29BN2O5. The number of nitrogens with zero attached hydrogens (tertiary/aromatic N) is 1. The van der Waals surface area contributed by atoms with Crippen LogP contribution in [0.15, 0.2) is 23.8 Å². The van der Waals surface area contributed by atoms with Gasteiger partial charge in [0.25, 0.3) is 0 Å². The SMILES string of the molecule is CC(C)(C)OC(=O)NCC(=Cc1ncccc1C=O)B1OC(C)(C)C(C)(C)O1. The molecule has 1 N–H and O–H groups in total. The Morgan fingerprint density at radius 3 is 2.39 bits per heavy atom. The summed E-state index contributed by atoms with van der Waals surface area (Å²) in [6.07, 6.45) is 3.50. The van der Waals surface area contributed by atoms with Crippen LogP contribution in [0.4, 0.5) is 4.79 Å². The molecule has 0 aromatic carbocycles. The molecule has 1 aliphatic rings. The molecule has 1 aromatic rings. The zero-order valence-electron chi connectivity index (χ0n) is 17.7. The Kier molecular flexibility index (Phi) is 6.36. The van der Waals surface area contributed by atoms with Crippen LogP contribution in [0.1, 0.15) is 64.5 Å². The topological polar surface area (TPSA) is 86.8 Å². The van der Waals surface area contributed by atoms with Gasteiger partial charge in [-0.25, -0.2) is 4.79 Å². The first kappa shape index (κ1) is 22.1. The fourth-order valence-corrected chi connectivity index (χ4v) is 2.51.